The number of ether oxygens (including phenoxy) is 1. The van der Waals surface area contributed by atoms with Gasteiger partial charge in [-0.25, -0.2) is 9.55 Å². The minimum atomic E-state index is -0.203. The first-order valence-electron chi connectivity index (χ1n) is 11.6. The molecular weight excluding hydrogens is 513 g/mol. The molecule has 10 heteroatoms. The zero-order valence-electron chi connectivity index (χ0n) is 19.9. The third-order valence-electron chi connectivity index (χ3n) is 6.21. The first-order chi connectivity index (χ1) is 18.0. The number of pyridine rings is 1. The van der Waals surface area contributed by atoms with E-state index in [0.717, 1.165) is 5.56 Å². The number of carbonyl (C=O) groups is 1. The van der Waals surface area contributed by atoms with Crippen molar-refractivity contribution in [3.05, 3.63) is 110 Å². The van der Waals surface area contributed by atoms with Crippen molar-refractivity contribution in [3.8, 4) is 11.4 Å². The van der Waals surface area contributed by atoms with Gasteiger partial charge in [0.05, 0.1) is 35.1 Å². The van der Waals surface area contributed by atoms with E-state index in [-0.39, 0.29) is 18.0 Å². The average molecular weight is 536 g/mol. The fourth-order valence-corrected chi connectivity index (χ4v) is 4.61. The molecule has 0 saturated carbocycles. The summed E-state index contributed by atoms with van der Waals surface area (Å²) in [5.74, 6) is 0.700. The zero-order chi connectivity index (χ0) is 25.9. The fraction of sp³-hybridized carbons (Fsp3) is 0.185. The predicted octanol–water partition coefficient (Wildman–Crippen LogP) is 4.75. The lowest BCUT2D eigenvalue weighted by atomic mass is 10.0. The number of benzene rings is 2. The van der Waals surface area contributed by atoms with Crippen molar-refractivity contribution in [3.63, 3.8) is 0 Å². The number of nitrogens with zero attached hydrogens (tertiary/aromatic N) is 4. The molecule has 1 aliphatic heterocycles. The number of fused-ring (bicyclic) bond motifs is 1. The number of nitrogens with one attached hydrogen (secondary N) is 1. The Morgan fingerprint density at radius 2 is 1.86 bits per heavy atom. The lowest BCUT2D eigenvalue weighted by molar-refractivity contribution is 0.0731. The molecule has 0 spiro atoms. The van der Waals surface area contributed by atoms with E-state index in [2.05, 4.69) is 10.3 Å². The topological polar surface area (TPSA) is 89.3 Å². The number of para-hydroxylation sites is 2. The second kappa shape index (κ2) is 10.6. The first kappa shape index (κ1) is 24.8. The summed E-state index contributed by atoms with van der Waals surface area (Å²) in [6.45, 7) is 0.994. The number of hydrogen-bond donors (Lipinski definition) is 1. The van der Waals surface area contributed by atoms with E-state index < -0.39 is 0 Å². The Kier molecular flexibility index (Phi) is 7.12. The summed E-state index contributed by atoms with van der Waals surface area (Å²) in [5.41, 5.74) is 2.90. The fourth-order valence-electron chi connectivity index (χ4n) is 4.31. The van der Waals surface area contributed by atoms with Gasteiger partial charge in [-0.3, -0.25) is 14.6 Å². The van der Waals surface area contributed by atoms with E-state index in [0.29, 0.717) is 63.8 Å². The van der Waals surface area contributed by atoms with Gasteiger partial charge < -0.3 is 15.0 Å². The molecule has 3 heterocycles. The summed E-state index contributed by atoms with van der Waals surface area (Å²) in [5, 5.41) is 3.98. The highest BCUT2D eigenvalue weighted by Crippen LogP contribution is 2.27. The molecule has 0 radical (unpaired) electrons. The summed E-state index contributed by atoms with van der Waals surface area (Å²) >= 11 is 12.1. The summed E-state index contributed by atoms with van der Waals surface area (Å²) < 4.78 is 7.07. The van der Waals surface area contributed by atoms with Gasteiger partial charge in [-0.1, -0.05) is 35.3 Å². The number of carbonyl (C=O) groups excluding carboxylic acids is 1. The second-order valence-corrected chi connectivity index (χ2v) is 9.30. The Balaban J connectivity index is 1.54. The molecule has 188 valence electrons. The smallest absolute Gasteiger partial charge is 0.263 e. The molecule has 5 rings (SSSR count). The summed E-state index contributed by atoms with van der Waals surface area (Å²) in [6, 6.07) is 15.9. The van der Waals surface area contributed by atoms with Crippen LogP contribution in [-0.4, -0.2) is 39.0 Å². The molecule has 1 N–H and O–H groups in total. The molecule has 2 aromatic heterocycles. The highest BCUT2D eigenvalue weighted by Gasteiger charge is 2.28. The molecule has 1 aliphatic rings. The number of anilines is 1. The Morgan fingerprint density at radius 3 is 2.62 bits per heavy atom. The molecular formula is C27H23Cl2N5O3. The highest BCUT2D eigenvalue weighted by molar-refractivity contribution is 6.42. The number of aromatic nitrogens is 3. The third-order valence-corrected chi connectivity index (χ3v) is 6.95. The quantitative estimate of drug-likeness (QED) is 0.383. The Morgan fingerprint density at radius 1 is 1.08 bits per heavy atom. The van der Waals surface area contributed by atoms with Gasteiger partial charge in [-0.2, -0.15) is 0 Å². The van der Waals surface area contributed by atoms with E-state index in [4.69, 9.17) is 32.9 Å². The van der Waals surface area contributed by atoms with Gasteiger partial charge >= 0.3 is 0 Å². The van der Waals surface area contributed by atoms with Gasteiger partial charge in [0.25, 0.3) is 11.5 Å². The van der Waals surface area contributed by atoms with Gasteiger partial charge in [0, 0.05) is 36.6 Å². The molecule has 0 aliphatic carbocycles. The summed E-state index contributed by atoms with van der Waals surface area (Å²) in [7, 11) is 1.56. The number of rotatable bonds is 6. The molecule has 0 bridgehead atoms. The van der Waals surface area contributed by atoms with Gasteiger partial charge in [0.1, 0.15) is 5.75 Å². The molecule has 0 atom stereocenters. The average Bonchev–Trinajstić information content (AvgIpc) is 2.93. The normalized spacial score (nSPS) is 12.7. The van der Waals surface area contributed by atoms with Crippen LogP contribution in [0.4, 0.5) is 5.95 Å². The van der Waals surface area contributed by atoms with Crippen LogP contribution in [0.25, 0.3) is 5.69 Å². The molecule has 0 unspecified atom stereocenters. The van der Waals surface area contributed by atoms with Gasteiger partial charge in [-0.05, 0) is 54.4 Å². The third kappa shape index (κ3) is 5.03. The zero-order valence-corrected chi connectivity index (χ0v) is 21.5. The first-order valence-corrected chi connectivity index (χ1v) is 12.4. The van der Waals surface area contributed by atoms with Crippen LogP contribution >= 0.6 is 23.2 Å². The highest BCUT2D eigenvalue weighted by atomic mass is 35.5. The SMILES string of the molecule is COc1ccccc1-n1c(NCc2ccncc2)nc2c(c1=O)CCN(C(=O)c1ccc(Cl)c(Cl)c1)C2. The summed E-state index contributed by atoms with van der Waals surface area (Å²) in [4.78, 5) is 37.6. The Bertz CT molecular complexity index is 1520. The molecule has 0 fully saturated rings. The molecule has 8 nitrogen and oxygen atoms in total. The lowest BCUT2D eigenvalue weighted by Gasteiger charge is -2.29. The molecule has 2 aromatic carbocycles. The maximum atomic E-state index is 13.8. The van der Waals surface area contributed by atoms with Crippen molar-refractivity contribution in [1.82, 2.24) is 19.4 Å². The van der Waals surface area contributed by atoms with Gasteiger partial charge in [0.15, 0.2) is 0 Å². The van der Waals surface area contributed by atoms with Gasteiger partial charge in [0.2, 0.25) is 5.95 Å². The van der Waals surface area contributed by atoms with Crippen molar-refractivity contribution >= 4 is 35.1 Å². The van der Waals surface area contributed by atoms with Crippen molar-refractivity contribution in [2.75, 3.05) is 19.0 Å². The van der Waals surface area contributed by atoms with E-state index in [1.807, 2.05) is 30.3 Å². The molecule has 37 heavy (non-hydrogen) atoms. The second-order valence-electron chi connectivity index (χ2n) is 8.49. The van der Waals surface area contributed by atoms with Crippen molar-refractivity contribution in [2.24, 2.45) is 0 Å². The van der Waals surface area contributed by atoms with E-state index in [1.165, 1.54) is 4.57 Å². The van der Waals surface area contributed by atoms with E-state index >= 15 is 0 Å². The van der Waals surface area contributed by atoms with Crippen LogP contribution in [0.15, 0.2) is 71.8 Å². The molecule has 0 saturated heterocycles. The van der Waals surface area contributed by atoms with Crippen molar-refractivity contribution in [1.29, 1.82) is 0 Å². The minimum absolute atomic E-state index is 0.195. The van der Waals surface area contributed by atoms with E-state index in [9.17, 15) is 9.59 Å². The maximum absolute atomic E-state index is 13.8. The number of hydrogen-bond acceptors (Lipinski definition) is 6. The molecule has 1 amide bonds. The number of methoxy groups -OCH3 is 1. The Hall–Kier alpha value is -3.88. The van der Waals surface area contributed by atoms with Crippen LogP contribution in [-0.2, 0) is 19.5 Å². The van der Waals surface area contributed by atoms with Crippen molar-refractivity contribution in [2.45, 2.75) is 19.5 Å². The van der Waals surface area contributed by atoms with Crippen molar-refractivity contribution < 1.29 is 9.53 Å². The number of halogens is 2. The van der Waals surface area contributed by atoms with Gasteiger partial charge in [-0.15, -0.1) is 0 Å². The van der Waals surface area contributed by atoms with Crippen LogP contribution < -0.4 is 15.6 Å². The largest absolute Gasteiger partial charge is 0.495 e. The number of amides is 1. The minimum Gasteiger partial charge on any atom is -0.495 e. The standard InChI is InChI=1S/C27H23Cl2N5O3/c1-37-24-5-3-2-4-23(24)34-26(36)19-10-13-33(25(35)18-6-7-20(28)21(29)14-18)16-22(19)32-27(34)31-15-17-8-11-30-12-9-17/h2-9,11-12,14H,10,13,15-16H2,1H3,(H,31,32). The predicted molar refractivity (Wildman–Crippen MR) is 143 cm³/mol. The van der Waals surface area contributed by atoms with Crippen LogP contribution in [0.2, 0.25) is 10.0 Å². The lowest BCUT2D eigenvalue weighted by Crippen LogP contribution is -2.41. The monoisotopic (exact) mass is 535 g/mol. The maximum Gasteiger partial charge on any atom is 0.263 e. The molecule has 4 aromatic rings. The van der Waals surface area contributed by atoms with Crippen LogP contribution in [0.3, 0.4) is 0 Å². The van der Waals surface area contributed by atoms with E-state index in [1.54, 1.807) is 48.7 Å². The Labute approximate surface area is 223 Å². The summed E-state index contributed by atoms with van der Waals surface area (Å²) in [6.07, 6.45) is 3.78. The van der Waals surface area contributed by atoms with Crippen LogP contribution in [0, 0.1) is 0 Å². The van der Waals surface area contributed by atoms with Crippen LogP contribution in [0.1, 0.15) is 27.2 Å². The van der Waals surface area contributed by atoms with Crippen LogP contribution in [0.5, 0.6) is 5.75 Å².